The third-order valence-electron chi connectivity index (χ3n) is 4.07. The van der Waals surface area contributed by atoms with Crippen LogP contribution < -0.4 is 4.74 Å². The van der Waals surface area contributed by atoms with Crippen molar-refractivity contribution in [1.29, 1.82) is 0 Å². The van der Waals surface area contributed by atoms with Gasteiger partial charge in [-0.3, -0.25) is 4.79 Å². The summed E-state index contributed by atoms with van der Waals surface area (Å²) in [4.78, 5) is 17.0. The summed E-state index contributed by atoms with van der Waals surface area (Å²) in [5.74, 6) is 2.47. The number of halogens is 3. The molecule has 2 atom stereocenters. The van der Waals surface area contributed by atoms with Gasteiger partial charge < -0.3 is 9.47 Å². The van der Waals surface area contributed by atoms with Crippen LogP contribution in [0.3, 0.4) is 0 Å². The van der Waals surface area contributed by atoms with Crippen molar-refractivity contribution in [2.24, 2.45) is 11.8 Å². The first kappa shape index (κ1) is 23.1. The molecule has 2 aromatic rings. The molecule has 0 aliphatic heterocycles. The van der Waals surface area contributed by atoms with Crippen LogP contribution in [-0.2, 0) is 9.53 Å². The summed E-state index contributed by atoms with van der Waals surface area (Å²) in [6.07, 6.45) is 6.56. The zero-order chi connectivity index (χ0) is 21.4. The summed E-state index contributed by atoms with van der Waals surface area (Å²) in [6, 6.07) is 11.9. The van der Waals surface area contributed by atoms with Crippen LogP contribution in [0.15, 0.2) is 53.0 Å². The highest BCUT2D eigenvalue weighted by Gasteiger charge is 2.26. The Hall–Kier alpha value is -2.19. The Labute approximate surface area is 185 Å². The standard InChI is InChI=1S/C22H20Cl3NO3/c1-4-19(29-22(27)17(14(2)3)12-13-20(24)25)18-6-5-7-21(26-18)28-16-10-8-15(23)9-11-16/h1,5-11,13-14,17,19H,12H2,2-3H3. The molecule has 0 spiro atoms. The van der Waals surface area contributed by atoms with Crippen LogP contribution >= 0.6 is 34.8 Å². The van der Waals surface area contributed by atoms with E-state index in [-0.39, 0.29) is 10.4 Å². The molecule has 152 valence electrons. The van der Waals surface area contributed by atoms with E-state index >= 15 is 0 Å². The predicted octanol–water partition coefficient (Wildman–Crippen LogP) is 6.73. The number of hydrogen-bond donors (Lipinski definition) is 0. The lowest BCUT2D eigenvalue weighted by Crippen LogP contribution is -2.24. The molecule has 0 fully saturated rings. The van der Waals surface area contributed by atoms with E-state index in [2.05, 4.69) is 10.9 Å². The summed E-state index contributed by atoms with van der Waals surface area (Å²) < 4.78 is 11.3. The first-order chi connectivity index (χ1) is 13.8. The van der Waals surface area contributed by atoms with Crippen molar-refractivity contribution >= 4 is 40.8 Å². The van der Waals surface area contributed by atoms with Gasteiger partial charge in [0.15, 0.2) is 0 Å². The number of aromatic nitrogens is 1. The van der Waals surface area contributed by atoms with E-state index in [9.17, 15) is 4.79 Å². The van der Waals surface area contributed by atoms with Crippen molar-refractivity contribution in [3.05, 3.63) is 63.7 Å². The van der Waals surface area contributed by atoms with Crippen LogP contribution in [-0.4, -0.2) is 11.0 Å². The zero-order valence-electron chi connectivity index (χ0n) is 15.9. The Kier molecular flexibility index (Phi) is 8.85. The lowest BCUT2D eigenvalue weighted by molar-refractivity contribution is -0.153. The number of esters is 1. The van der Waals surface area contributed by atoms with Gasteiger partial charge in [0.2, 0.25) is 12.0 Å². The molecule has 1 aromatic heterocycles. The summed E-state index contributed by atoms with van der Waals surface area (Å²) in [6.45, 7) is 3.82. The van der Waals surface area contributed by atoms with Crippen molar-refractivity contribution in [3.8, 4) is 24.0 Å². The van der Waals surface area contributed by atoms with Gasteiger partial charge in [0.25, 0.3) is 0 Å². The molecule has 0 radical (unpaired) electrons. The van der Waals surface area contributed by atoms with Crippen molar-refractivity contribution in [1.82, 2.24) is 4.98 Å². The first-order valence-electron chi connectivity index (χ1n) is 8.88. The molecule has 0 bridgehead atoms. The van der Waals surface area contributed by atoms with Crippen LogP contribution in [0.5, 0.6) is 11.6 Å². The van der Waals surface area contributed by atoms with Crippen LogP contribution in [0, 0.1) is 24.2 Å². The number of pyridine rings is 1. The Morgan fingerprint density at radius 3 is 2.48 bits per heavy atom. The first-order valence-corrected chi connectivity index (χ1v) is 10.0. The van der Waals surface area contributed by atoms with Gasteiger partial charge in [-0.25, -0.2) is 4.98 Å². The van der Waals surface area contributed by atoms with Crippen LogP contribution in [0.4, 0.5) is 0 Å². The molecule has 4 nitrogen and oxygen atoms in total. The molecule has 0 saturated carbocycles. The van der Waals surface area contributed by atoms with Crippen molar-refractivity contribution in [3.63, 3.8) is 0 Å². The van der Waals surface area contributed by atoms with E-state index in [0.717, 1.165) is 0 Å². The molecular formula is C22H20Cl3NO3. The average Bonchev–Trinajstić information content (AvgIpc) is 2.67. The second-order valence-electron chi connectivity index (χ2n) is 6.52. The Bertz CT molecular complexity index is 900. The summed E-state index contributed by atoms with van der Waals surface area (Å²) in [7, 11) is 0. The molecule has 0 N–H and O–H groups in total. The maximum Gasteiger partial charge on any atom is 0.311 e. The zero-order valence-corrected chi connectivity index (χ0v) is 18.2. The predicted molar refractivity (Wildman–Crippen MR) is 116 cm³/mol. The highest BCUT2D eigenvalue weighted by atomic mass is 35.5. The number of allylic oxidation sites excluding steroid dienone is 1. The lowest BCUT2D eigenvalue weighted by atomic mass is 9.92. The number of carbonyl (C=O) groups excluding carboxylic acids is 1. The van der Waals surface area contributed by atoms with Gasteiger partial charge >= 0.3 is 5.97 Å². The van der Waals surface area contributed by atoms with Crippen molar-refractivity contribution < 1.29 is 14.3 Å². The molecule has 2 unspecified atom stereocenters. The highest BCUT2D eigenvalue weighted by molar-refractivity contribution is 6.55. The summed E-state index contributed by atoms with van der Waals surface area (Å²) in [5.41, 5.74) is 0.390. The smallest absolute Gasteiger partial charge is 0.311 e. The topological polar surface area (TPSA) is 48.4 Å². The van der Waals surface area contributed by atoms with Gasteiger partial charge in [0.05, 0.1) is 11.6 Å². The van der Waals surface area contributed by atoms with Gasteiger partial charge in [0.1, 0.15) is 10.2 Å². The minimum Gasteiger partial charge on any atom is -0.442 e. The van der Waals surface area contributed by atoms with Crippen LogP contribution in [0.25, 0.3) is 0 Å². The van der Waals surface area contributed by atoms with Gasteiger partial charge in [-0.1, -0.05) is 66.7 Å². The normalized spacial score (nSPS) is 12.6. The van der Waals surface area contributed by atoms with E-state index in [4.69, 9.17) is 50.7 Å². The Morgan fingerprint density at radius 2 is 1.90 bits per heavy atom. The summed E-state index contributed by atoms with van der Waals surface area (Å²) in [5, 5.41) is 0.600. The molecule has 1 aromatic carbocycles. The number of rotatable bonds is 8. The number of ether oxygens (including phenoxy) is 2. The van der Waals surface area contributed by atoms with Crippen LogP contribution in [0.2, 0.25) is 5.02 Å². The van der Waals surface area contributed by atoms with E-state index in [1.54, 1.807) is 48.5 Å². The molecule has 0 saturated heterocycles. The van der Waals surface area contributed by atoms with E-state index in [1.165, 1.54) is 0 Å². The number of benzene rings is 1. The largest absolute Gasteiger partial charge is 0.442 e. The Balaban J connectivity index is 2.14. The molecule has 0 aliphatic rings. The molecular weight excluding hydrogens is 433 g/mol. The van der Waals surface area contributed by atoms with E-state index in [1.807, 2.05) is 13.8 Å². The minimum absolute atomic E-state index is 0.0115. The minimum atomic E-state index is -0.951. The van der Waals surface area contributed by atoms with Crippen LogP contribution in [0.1, 0.15) is 32.1 Å². The average molecular weight is 453 g/mol. The summed E-state index contributed by atoms with van der Waals surface area (Å²) >= 11 is 17.2. The molecule has 7 heteroatoms. The molecule has 1 heterocycles. The fourth-order valence-corrected chi connectivity index (χ4v) is 2.80. The quantitative estimate of drug-likeness (QED) is 0.329. The highest BCUT2D eigenvalue weighted by Crippen LogP contribution is 2.26. The van der Waals surface area contributed by atoms with Crippen molar-refractivity contribution in [2.75, 3.05) is 0 Å². The third kappa shape index (κ3) is 7.29. The van der Waals surface area contributed by atoms with E-state index in [0.29, 0.717) is 28.8 Å². The SMILES string of the molecule is C#CC(OC(=O)C(CC=C(Cl)Cl)C(C)C)c1cccc(Oc2ccc(Cl)cc2)n1. The fourth-order valence-electron chi connectivity index (χ4n) is 2.50. The molecule has 2 rings (SSSR count). The number of hydrogen-bond acceptors (Lipinski definition) is 4. The maximum absolute atomic E-state index is 12.6. The fraction of sp³-hybridized carbons (Fsp3) is 0.273. The second-order valence-corrected chi connectivity index (χ2v) is 7.96. The molecule has 0 amide bonds. The number of nitrogens with zero attached hydrogens (tertiary/aromatic N) is 1. The van der Waals surface area contributed by atoms with Gasteiger partial charge in [-0.15, -0.1) is 6.42 Å². The monoisotopic (exact) mass is 451 g/mol. The lowest BCUT2D eigenvalue weighted by Gasteiger charge is -2.20. The van der Waals surface area contributed by atoms with Gasteiger partial charge in [-0.2, -0.15) is 0 Å². The van der Waals surface area contributed by atoms with Gasteiger partial charge in [-0.05, 0) is 42.7 Å². The number of carbonyl (C=O) groups is 1. The third-order valence-corrected chi connectivity index (χ3v) is 4.63. The Morgan fingerprint density at radius 1 is 1.21 bits per heavy atom. The van der Waals surface area contributed by atoms with Crippen molar-refractivity contribution in [2.45, 2.75) is 26.4 Å². The van der Waals surface area contributed by atoms with E-state index < -0.39 is 18.0 Å². The maximum atomic E-state index is 12.6. The van der Waals surface area contributed by atoms with Gasteiger partial charge in [0, 0.05) is 11.1 Å². The number of terminal acetylenes is 1. The molecule has 0 aliphatic carbocycles. The second kappa shape index (κ2) is 11.1. The molecule has 29 heavy (non-hydrogen) atoms.